The van der Waals surface area contributed by atoms with Crippen LogP contribution in [0.5, 0.6) is 5.75 Å². The van der Waals surface area contributed by atoms with Crippen LogP contribution in [0.1, 0.15) is 31.7 Å². The predicted molar refractivity (Wildman–Crippen MR) is 76.0 cm³/mol. The van der Waals surface area contributed by atoms with E-state index in [0.29, 0.717) is 5.75 Å². The number of carbonyl (C=O) groups is 1. The fourth-order valence-electron chi connectivity index (χ4n) is 1.72. The van der Waals surface area contributed by atoms with Gasteiger partial charge in [-0.05, 0) is 38.0 Å². The number of benzene rings is 1. The van der Waals surface area contributed by atoms with E-state index in [9.17, 15) is 4.79 Å². The third kappa shape index (κ3) is 3.44. The van der Waals surface area contributed by atoms with E-state index >= 15 is 0 Å². The summed E-state index contributed by atoms with van der Waals surface area (Å²) >= 11 is 1.65. The van der Waals surface area contributed by atoms with Crippen molar-refractivity contribution in [1.82, 2.24) is 4.98 Å². The van der Waals surface area contributed by atoms with E-state index in [1.807, 2.05) is 12.1 Å². The molecule has 1 N–H and O–H groups in total. The molecule has 1 heterocycles. The molecule has 0 saturated carbocycles. The Balaban J connectivity index is 2.17. The van der Waals surface area contributed by atoms with Gasteiger partial charge in [-0.25, -0.2) is 9.78 Å². The Kier molecular flexibility index (Phi) is 4.37. The molecule has 0 spiro atoms. The van der Waals surface area contributed by atoms with Crippen molar-refractivity contribution >= 4 is 27.5 Å². The topological polar surface area (TPSA) is 59.4 Å². The highest BCUT2D eigenvalue weighted by atomic mass is 32.1. The maximum absolute atomic E-state index is 10.8. The molecule has 19 heavy (non-hydrogen) atoms. The Hall–Kier alpha value is -1.62. The molecule has 1 aromatic carbocycles. The van der Waals surface area contributed by atoms with Crippen molar-refractivity contribution < 1.29 is 14.6 Å². The van der Waals surface area contributed by atoms with E-state index < -0.39 is 12.1 Å². The quantitative estimate of drug-likeness (QED) is 0.879. The molecule has 102 valence electrons. The Bertz CT molecular complexity index is 579. The highest BCUT2D eigenvalue weighted by molar-refractivity contribution is 7.18. The molecule has 2 rings (SSSR count). The molecule has 5 heteroatoms. The van der Waals surface area contributed by atoms with Crippen LogP contribution in [0.3, 0.4) is 0 Å². The van der Waals surface area contributed by atoms with Gasteiger partial charge in [0.15, 0.2) is 6.10 Å². The molecule has 0 aliphatic heterocycles. The van der Waals surface area contributed by atoms with Gasteiger partial charge in [-0.2, -0.15) is 0 Å². The Morgan fingerprint density at radius 2 is 2.32 bits per heavy atom. The van der Waals surface area contributed by atoms with Gasteiger partial charge in [-0.15, -0.1) is 11.3 Å². The molecule has 0 bridgehead atoms. The van der Waals surface area contributed by atoms with Crippen molar-refractivity contribution in [2.75, 3.05) is 0 Å². The molecule has 1 atom stereocenters. The first-order valence-electron chi connectivity index (χ1n) is 6.39. The van der Waals surface area contributed by atoms with Crippen molar-refractivity contribution in [3.8, 4) is 5.75 Å². The zero-order valence-corrected chi connectivity index (χ0v) is 11.9. The minimum atomic E-state index is -0.965. The van der Waals surface area contributed by atoms with Gasteiger partial charge in [0.25, 0.3) is 0 Å². The Labute approximate surface area is 116 Å². The summed E-state index contributed by atoms with van der Waals surface area (Å²) in [6, 6.07) is 5.51. The molecule has 0 aliphatic carbocycles. The zero-order chi connectivity index (χ0) is 13.8. The lowest BCUT2D eigenvalue weighted by Crippen LogP contribution is -2.22. The number of fused-ring (bicyclic) bond motifs is 1. The maximum atomic E-state index is 10.8. The molecule has 2 aromatic rings. The largest absolute Gasteiger partial charge is 0.479 e. The summed E-state index contributed by atoms with van der Waals surface area (Å²) in [6.07, 6.45) is 2.45. The summed E-state index contributed by atoms with van der Waals surface area (Å²) in [7, 11) is 0. The number of aryl methyl sites for hydroxylation is 1. The number of hydrogen-bond acceptors (Lipinski definition) is 4. The van der Waals surface area contributed by atoms with Crippen LogP contribution in [0.2, 0.25) is 0 Å². The summed E-state index contributed by atoms with van der Waals surface area (Å²) in [5.41, 5.74) is 0.950. The van der Waals surface area contributed by atoms with Gasteiger partial charge in [-0.1, -0.05) is 13.3 Å². The fraction of sp³-hybridized carbons (Fsp3) is 0.429. The summed E-state index contributed by atoms with van der Waals surface area (Å²) in [5, 5.41) is 9.95. The molecule has 1 aromatic heterocycles. The van der Waals surface area contributed by atoms with Gasteiger partial charge in [0.05, 0.1) is 15.2 Å². The van der Waals surface area contributed by atoms with Gasteiger partial charge in [-0.3, -0.25) is 0 Å². The van der Waals surface area contributed by atoms with Crippen LogP contribution < -0.4 is 4.74 Å². The number of carboxylic acid groups (broad SMARTS) is 1. The average Bonchev–Trinajstić information content (AvgIpc) is 2.78. The zero-order valence-electron chi connectivity index (χ0n) is 11.0. The van der Waals surface area contributed by atoms with Gasteiger partial charge < -0.3 is 9.84 Å². The van der Waals surface area contributed by atoms with Crippen molar-refractivity contribution in [3.05, 3.63) is 23.2 Å². The minimum absolute atomic E-state index is 0.577. The number of aliphatic carboxylic acids is 1. The lowest BCUT2D eigenvalue weighted by Gasteiger charge is -2.09. The van der Waals surface area contributed by atoms with Crippen LogP contribution in [0.4, 0.5) is 0 Å². The first-order valence-corrected chi connectivity index (χ1v) is 7.20. The van der Waals surface area contributed by atoms with E-state index in [-0.39, 0.29) is 0 Å². The molecule has 0 aliphatic rings. The normalized spacial score (nSPS) is 12.5. The van der Waals surface area contributed by atoms with E-state index in [1.165, 1.54) is 6.92 Å². The van der Waals surface area contributed by atoms with Gasteiger partial charge in [0.1, 0.15) is 5.75 Å². The van der Waals surface area contributed by atoms with E-state index in [0.717, 1.165) is 34.5 Å². The van der Waals surface area contributed by atoms with Crippen molar-refractivity contribution in [2.24, 2.45) is 0 Å². The summed E-state index contributed by atoms with van der Waals surface area (Å²) in [5.74, 6) is -0.388. The van der Waals surface area contributed by atoms with Crippen LogP contribution in [0, 0.1) is 0 Å². The molecule has 0 amide bonds. The monoisotopic (exact) mass is 279 g/mol. The van der Waals surface area contributed by atoms with Crippen LogP contribution in [0.15, 0.2) is 18.2 Å². The standard InChI is InChI=1S/C14H17NO3S/c1-3-4-5-13-15-11-7-6-10(8-12(11)19-13)18-9(2)14(16)17/h6-9H,3-5H2,1-2H3,(H,16,17). The summed E-state index contributed by atoms with van der Waals surface area (Å²) in [4.78, 5) is 15.3. The van der Waals surface area contributed by atoms with Crippen LogP contribution in [-0.4, -0.2) is 22.2 Å². The van der Waals surface area contributed by atoms with Crippen LogP contribution in [0.25, 0.3) is 10.2 Å². The highest BCUT2D eigenvalue weighted by Gasteiger charge is 2.13. The molecular formula is C14H17NO3S. The first kappa shape index (κ1) is 13.8. The van der Waals surface area contributed by atoms with Crippen LogP contribution in [-0.2, 0) is 11.2 Å². The smallest absolute Gasteiger partial charge is 0.344 e. The number of carboxylic acids is 1. The van der Waals surface area contributed by atoms with Gasteiger partial charge in [0, 0.05) is 0 Å². The van der Waals surface area contributed by atoms with Crippen LogP contribution >= 0.6 is 11.3 Å². The number of thiazole rings is 1. The molecule has 4 nitrogen and oxygen atoms in total. The average molecular weight is 279 g/mol. The number of nitrogens with zero attached hydrogens (tertiary/aromatic N) is 1. The van der Waals surface area contributed by atoms with Crippen molar-refractivity contribution in [3.63, 3.8) is 0 Å². The summed E-state index contributed by atoms with van der Waals surface area (Å²) in [6.45, 7) is 3.68. The second kappa shape index (κ2) is 6.02. The molecular weight excluding hydrogens is 262 g/mol. The SMILES string of the molecule is CCCCc1nc2ccc(OC(C)C(=O)O)cc2s1. The number of aromatic nitrogens is 1. The Morgan fingerprint density at radius 3 is 3.00 bits per heavy atom. The predicted octanol–water partition coefficient (Wildman–Crippen LogP) is 3.49. The number of unbranched alkanes of at least 4 members (excludes halogenated alkanes) is 1. The Morgan fingerprint density at radius 1 is 1.53 bits per heavy atom. The minimum Gasteiger partial charge on any atom is -0.479 e. The molecule has 1 unspecified atom stereocenters. The van der Waals surface area contributed by atoms with Gasteiger partial charge >= 0.3 is 5.97 Å². The number of ether oxygens (including phenoxy) is 1. The maximum Gasteiger partial charge on any atom is 0.344 e. The second-order valence-electron chi connectivity index (χ2n) is 4.44. The lowest BCUT2D eigenvalue weighted by molar-refractivity contribution is -0.144. The molecule has 0 fully saturated rings. The van der Waals surface area contributed by atoms with E-state index in [1.54, 1.807) is 17.4 Å². The third-order valence-corrected chi connectivity index (χ3v) is 3.89. The third-order valence-electron chi connectivity index (χ3n) is 2.81. The second-order valence-corrected chi connectivity index (χ2v) is 5.55. The van der Waals surface area contributed by atoms with Crippen molar-refractivity contribution in [2.45, 2.75) is 39.2 Å². The van der Waals surface area contributed by atoms with Gasteiger partial charge in [0.2, 0.25) is 0 Å². The fourth-order valence-corrected chi connectivity index (χ4v) is 2.75. The van der Waals surface area contributed by atoms with Crippen molar-refractivity contribution in [1.29, 1.82) is 0 Å². The number of hydrogen-bond donors (Lipinski definition) is 1. The first-order chi connectivity index (χ1) is 9.10. The molecule has 0 radical (unpaired) electrons. The molecule has 0 saturated heterocycles. The number of rotatable bonds is 6. The summed E-state index contributed by atoms with van der Waals surface area (Å²) < 4.78 is 6.40. The lowest BCUT2D eigenvalue weighted by atomic mass is 10.2. The van der Waals surface area contributed by atoms with E-state index in [4.69, 9.17) is 9.84 Å². The van der Waals surface area contributed by atoms with E-state index in [2.05, 4.69) is 11.9 Å². The highest BCUT2D eigenvalue weighted by Crippen LogP contribution is 2.27.